The third-order valence-corrected chi connectivity index (χ3v) is 9.30. The molecule has 0 N–H and O–H groups in total. The van der Waals surface area contributed by atoms with Crippen LogP contribution in [0.3, 0.4) is 0 Å². The molecule has 0 atom stereocenters. The second-order valence-corrected chi connectivity index (χ2v) is 14.3. The van der Waals surface area contributed by atoms with E-state index in [4.69, 9.17) is 0 Å². The molecule has 7 nitrogen and oxygen atoms in total. The van der Waals surface area contributed by atoms with Gasteiger partial charge in [-0.05, 0) is 44.0 Å². The van der Waals surface area contributed by atoms with E-state index in [9.17, 15) is 22.6 Å². The summed E-state index contributed by atoms with van der Waals surface area (Å²) in [5, 5.41) is 0. The molecule has 246 valence electrons. The number of imide groups is 1. The van der Waals surface area contributed by atoms with Gasteiger partial charge < -0.3 is 9.04 Å². The van der Waals surface area contributed by atoms with Gasteiger partial charge in [-0.3, -0.25) is 14.5 Å². The Hall–Kier alpha value is -2.55. The Morgan fingerprint density at radius 1 is 0.636 bits per heavy atom. The van der Waals surface area contributed by atoms with Crippen LogP contribution in [0.25, 0.3) is 0 Å². The summed E-state index contributed by atoms with van der Waals surface area (Å²) in [7, 11) is 0.267. The molecule has 2 aromatic carbocycles. The molecule has 1 heterocycles. The molecule has 0 aromatic heterocycles. The lowest BCUT2D eigenvalue weighted by Gasteiger charge is -2.30. The minimum atomic E-state index is -4.27. The van der Waals surface area contributed by atoms with Crippen molar-refractivity contribution < 1.29 is 27.0 Å². The summed E-state index contributed by atoms with van der Waals surface area (Å²) in [6.45, 7) is 6.78. The summed E-state index contributed by atoms with van der Waals surface area (Å²) in [6, 6.07) is 12.9. The SMILES string of the molecule is CCCCCCCCCCCCCCCC[N+](C)(C)CCCN1C(=O)c2ccccc2C1=O.Cc1ccc(S(=O)(=O)[O-])cc1. The number of benzene rings is 2. The summed E-state index contributed by atoms with van der Waals surface area (Å²) in [6.07, 6.45) is 20.3. The lowest BCUT2D eigenvalue weighted by Crippen LogP contribution is -2.43. The molecule has 0 bridgehead atoms. The monoisotopic (exact) mass is 628 g/mol. The maximum Gasteiger partial charge on any atom is 0.261 e. The third kappa shape index (κ3) is 14.0. The van der Waals surface area contributed by atoms with Crippen LogP contribution < -0.4 is 0 Å². The van der Waals surface area contributed by atoms with Gasteiger partial charge in [-0.15, -0.1) is 0 Å². The minimum Gasteiger partial charge on any atom is -0.744 e. The summed E-state index contributed by atoms with van der Waals surface area (Å²) in [5.41, 5.74) is 2.04. The quantitative estimate of drug-likeness (QED) is 0.0639. The largest absolute Gasteiger partial charge is 0.744 e. The molecule has 1 aliphatic heterocycles. The Kier molecular flexibility index (Phi) is 16.9. The zero-order chi connectivity index (χ0) is 32.4. The lowest BCUT2D eigenvalue weighted by atomic mass is 10.0. The number of hydrogen-bond acceptors (Lipinski definition) is 5. The number of fused-ring (bicyclic) bond motifs is 1. The molecule has 3 rings (SSSR count). The summed E-state index contributed by atoms with van der Waals surface area (Å²) >= 11 is 0. The Morgan fingerprint density at radius 2 is 1.05 bits per heavy atom. The van der Waals surface area contributed by atoms with E-state index >= 15 is 0 Å². The lowest BCUT2D eigenvalue weighted by molar-refractivity contribution is -0.890. The van der Waals surface area contributed by atoms with E-state index in [0.717, 1.165) is 23.0 Å². The van der Waals surface area contributed by atoms with Gasteiger partial charge in [0.05, 0.1) is 43.2 Å². The first kappa shape index (κ1) is 37.6. The predicted octanol–water partition coefficient (Wildman–Crippen LogP) is 8.13. The highest BCUT2D eigenvalue weighted by atomic mass is 32.2. The van der Waals surface area contributed by atoms with Gasteiger partial charge in [0, 0.05) is 13.0 Å². The molecule has 0 fully saturated rings. The first-order valence-corrected chi connectivity index (χ1v) is 18.2. The van der Waals surface area contributed by atoms with Crippen LogP contribution in [0.15, 0.2) is 53.4 Å². The van der Waals surface area contributed by atoms with E-state index in [1.807, 2.05) is 19.1 Å². The van der Waals surface area contributed by atoms with Crippen LogP contribution in [0, 0.1) is 6.92 Å². The zero-order valence-corrected chi connectivity index (χ0v) is 28.5. The number of amides is 2. The van der Waals surface area contributed by atoms with Gasteiger partial charge in [0.15, 0.2) is 0 Å². The number of unbranched alkanes of at least 4 members (excludes halogenated alkanes) is 13. The topological polar surface area (TPSA) is 94.6 Å². The Bertz CT molecular complexity index is 1210. The number of nitrogens with zero attached hydrogens (tertiary/aromatic N) is 2. The average molecular weight is 629 g/mol. The van der Waals surface area contributed by atoms with Crippen LogP contribution in [0.1, 0.15) is 130 Å². The number of quaternary nitrogens is 1. The second kappa shape index (κ2) is 19.8. The van der Waals surface area contributed by atoms with E-state index in [0.29, 0.717) is 17.7 Å². The molecule has 1 aliphatic rings. The molecule has 2 amide bonds. The molecule has 8 heteroatoms. The number of rotatable bonds is 20. The Morgan fingerprint density at radius 3 is 1.48 bits per heavy atom. The highest BCUT2D eigenvalue weighted by Crippen LogP contribution is 2.23. The third-order valence-electron chi connectivity index (χ3n) is 8.45. The van der Waals surface area contributed by atoms with Crippen LogP contribution in [0.4, 0.5) is 0 Å². The van der Waals surface area contributed by atoms with Crippen molar-refractivity contribution in [1.82, 2.24) is 4.90 Å². The number of carbonyl (C=O) groups excluding carboxylic acids is 2. The van der Waals surface area contributed by atoms with Gasteiger partial charge in [-0.1, -0.05) is 114 Å². The van der Waals surface area contributed by atoms with E-state index in [2.05, 4.69) is 21.0 Å². The van der Waals surface area contributed by atoms with Crippen LogP contribution in [0.2, 0.25) is 0 Å². The smallest absolute Gasteiger partial charge is 0.261 e. The summed E-state index contributed by atoms with van der Waals surface area (Å²) in [4.78, 5) is 26.2. The van der Waals surface area contributed by atoms with E-state index in [1.165, 1.54) is 113 Å². The highest BCUT2D eigenvalue weighted by Gasteiger charge is 2.34. The summed E-state index contributed by atoms with van der Waals surface area (Å²) < 4.78 is 32.1. The number of hydrogen-bond donors (Lipinski definition) is 0. The molecule has 44 heavy (non-hydrogen) atoms. The fraction of sp³-hybridized carbons (Fsp3) is 0.611. The van der Waals surface area contributed by atoms with Gasteiger partial charge in [-0.25, -0.2) is 8.42 Å². The number of carbonyl (C=O) groups is 2. The summed E-state index contributed by atoms with van der Waals surface area (Å²) in [5.74, 6) is -0.263. The molecular formula is C36H56N2O5S. The first-order valence-electron chi connectivity index (χ1n) is 16.8. The molecule has 0 radical (unpaired) electrons. The van der Waals surface area contributed by atoms with Gasteiger partial charge >= 0.3 is 0 Å². The molecule has 0 spiro atoms. The van der Waals surface area contributed by atoms with E-state index < -0.39 is 10.1 Å². The van der Waals surface area contributed by atoms with E-state index in [-0.39, 0.29) is 16.7 Å². The van der Waals surface area contributed by atoms with Gasteiger partial charge in [0.1, 0.15) is 10.1 Å². The van der Waals surface area contributed by atoms with Crippen molar-refractivity contribution in [3.05, 3.63) is 65.2 Å². The molecule has 0 saturated carbocycles. The second-order valence-electron chi connectivity index (χ2n) is 12.9. The Labute approximate surface area is 267 Å². The average Bonchev–Trinajstić information content (AvgIpc) is 3.22. The molecule has 0 unspecified atom stereocenters. The maximum atomic E-state index is 12.5. The van der Waals surface area contributed by atoms with E-state index in [1.54, 1.807) is 24.3 Å². The predicted molar refractivity (Wildman–Crippen MR) is 178 cm³/mol. The molecule has 0 saturated heterocycles. The van der Waals surface area contributed by atoms with Crippen molar-refractivity contribution in [2.24, 2.45) is 0 Å². The van der Waals surface area contributed by atoms with Gasteiger partial charge in [-0.2, -0.15) is 0 Å². The number of aryl methyl sites for hydroxylation is 1. The van der Waals surface area contributed by atoms with Gasteiger partial charge in [0.2, 0.25) is 0 Å². The van der Waals surface area contributed by atoms with Crippen molar-refractivity contribution >= 4 is 21.9 Å². The zero-order valence-electron chi connectivity index (χ0n) is 27.7. The molecule has 2 aromatic rings. The standard InChI is InChI=1S/C29H49N2O2.C7H8O3S/c1-4-5-6-7-8-9-10-11-12-13-14-15-16-19-24-31(2,3)25-20-23-30-28(32)26-21-17-18-22-27(26)29(30)33;1-6-2-4-7(5-3-6)11(8,9)10/h17-18,21-22H,4-16,19-20,23-25H2,1-3H3;2-5H,1H3,(H,8,9,10)/q+1;/p-1. The van der Waals surface area contributed by atoms with Crippen molar-refractivity contribution in [2.45, 2.75) is 115 Å². The van der Waals surface area contributed by atoms with Crippen molar-refractivity contribution in [2.75, 3.05) is 33.7 Å². The fourth-order valence-electron chi connectivity index (χ4n) is 5.65. The molecule has 0 aliphatic carbocycles. The normalized spacial score (nSPS) is 13.2. The van der Waals surface area contributed by atoms with Crippen molar-refractivity contribution in [3.8, 4) is 0 Å². The highest BCUT2D eigenvalue weighted by molar-refractivity contribution is 7.85. The van der Waals surface area contributed by atoms with Crippen LogP contribution in [-0.2, 0) is 10.1 Å². The fourth-order valence-corrected chi connectivity index (χ4v) is 6.12. The van der Waals surface area contributed by atoms with Crippen LogP contribution >= 0.6 is 0 Å². The van der Waals surface area contributed by atoms with Crippen molar-refractivity contribution in [3.63, 3.8) is 0 Å². The maximum absolute atomic E-state index is 12.5. The van der Waals surface area contributed by atoms with Gasteiger partial charge in [0.25, 0.3) is 11.8 Å². The Balaban J connectivity index is 0.000000514. The first-order chi connectivity index (χ1) is 21.0. The van der Waals surface area contributed by atoms with Crippen molar-refractivity contribution in [1.29, 1.82) is 0 Å². The van der Waals surface area contributed by atoms with Crippen LogP contribution in [0.5, 0.6) is 0 Å². The minimum absolute atomic E-state index is 0.132. The van der Waals surface area contributed by atoms with Crippen LogP contribution in [-0.4, -0.2) is 67.9 Å². The molecular weight excluding hydrogens is 572 g/mol.